The van der Waals surface area contributed by atoms with E-state index in [9.17, 15) is 9.59 Å². The Bertz CT molecular complexity index is 513. The largest absolute Gasteiger partial charge is 0.467 e. The lowest BCUT2D eigenvalue weighted by molar-refractivity contribution is -0.152. The van der Waals surface area contributed by atoms with E-state index in [0.717, 1.165) is 9.13 Å². The standard InChI is InChI=1S/C16H22INO3/c1-10(2)16(4,15(20)21-5)18-14(19)11(3)12-6-8-13(17)9-7-12/h6-11H,1-5H3,(H,18,19). The summed E-state index contributed by atoms with van der Waals surface area (Å²) in [5, 5.41) is 2.84. The van der Waals surface area contributed by atoms with E-state index >= 15 is 0 Å². The summed E-state index contributed by atoms with van der Waals surface area (Å²) in [6.07, 6.45) is 0. The first-order chi connectivity index (χ1) is 9.72. The van der Waals surface area contributed by atoms with Gasteiger partial charge in [0, 0.05) is 3.57 Å². The van der Waals surface area contributed by atoms with Crippen molar-refractivity contribution >= 4 is 34.5 Å². The number of methoxy groups -OCH3 is 1. The first kappa shape index (κ1) is 17.9. The summed E-state index contributed by atoms with van der Waals surface area (Å²) in [6, 6.07) is 7.77. The second-order valence-electron chi connectivity index (χ2n) is 5.61. The van der Waals surface area contributed by atoms with Crippen LogP contribution in [0, 0.1) is 9.49 Å². The molecule has 21 heavy (non-hydrogen) atoms. The van der Waals surface area contributed by atoms with E-state index in [1.807, 2.05) is 45.0 Å². The van der Waals surface area contributed by atoms with Crippen LogP contribution in [0.1, 0.15) is 39.2 Å². The fraction of sp³-hybridized carbons (Fsp3) is 0.500. The molecule has 0 aromatic heterocycles. The van der Waals surface area contributed by atoms with Gasteiger partial charge >= 0.3 is 5.97 Å². The van der Waals surface area contributed by atoms with Crippen molar-refractivity contribution in [3.8, 4) is 0 Å². The van der Waals surface area contributed by atoms with E-state index in [-0.39, 0.29) is 17.7 Å². The van der Waals surface area contributed by atoms with E-state index in [0.29, 0.717) is 0 Å². The molecule has 0 radical (unpaired) electrons. The molecule has 0 aliphatic heterocycles. The fourth-order valence-electron chi connectivity index (χ4n) is 1.91. The summed E-state index contributed by atoms with van der Waals surface area (Å²) >= 11 is 2.22. The van der Waals surface area contributed by atoms with Gasteiger partial charge in [-0.1, -0.05) is 26.0 Å². The van der Waals surface area contributed by atoms with Crippen molar-refractivity contribution in [2.24, 2.45) is 5.92 Å². The Morgan fingerprint density at radius 1 is 1.19 bits per heavy atom. The minimum absolute atomic E-state index is 0.0715. The lowest BCUT2D eigenvalue weighted by Crippen LogP contribution is -2.57. The minimum Gasteiger partial charge on any atom is -0.467 e. The van der Waals surface area contributed by atoms with Gasteiger partial charge < -0.3 is 10.1 Å². The van der Waals surface area contributed by atoms with Crippen molar-refractivity contribution in [2.75, 3.05) is 7.11 Å². The molecule has 0 saturated carbocycles. The van der Waals surface area contributed by atoms with Gasteiger partial charge in [-0.15, -0.1) is 0 Å². The number of benzene rings is 1. The van der Waals surface area contributed by atoms with Crippen LogP contribution >= 0.6 is 22.6 Å². The highest BCUT2D eigenvalue weighted by molar-refractivity contribution is 14.1. The number of hydrogen-bond donors (Lipinski definition) is 1. The highest BCUT2D eigenvalue weighted by atomic mass is 127. The van der Waals surface area contributed by atoms with Crippen molar-refractivity contribution in [3.05, 3.63) is 33.4 Å². The van der Waals surface area contributed by atoms with E-state index in [1.165, 1.54) is 7.11 Å². The van der Waals surface area contributed by atoms with E-state index in [1.54, 1.807) is 6.92 Å². The number of ether oxygens (including phenoxy) is 1. The molecule has 0 fully saturated rings. The molecule has 1 rings (SSSR count). The van der Waals surface area contributed by atoms with Gasteiger partial charge in [0.25, 0.3) is 0 Å². The number of halogens is 1. The molecule has 2 unspecified atom stereocenters. The second kappa shape index (κ2) is 7.24. The minimum atomic E-state index is -1.02. The summed E-state index contributed by atoms with van der Waals surface area (Å²) in [4.78, 5) is 24.4. The number of hydrogen-bond acceptors (Lipinski definition) is 3. The maximum atomic E-state index is 12.4. The van der Waals surface area contributed by atoms with Gasteiger partial charge in [0.15, 0.2) is 0 Å². The van der Waals surface area contributed by atoms with Crippen LogP contribution in [0.5, 0.6) is 0 Å². The first-order valence-electron chi connectivity index (χ1n) is 6.88. The quantitative estimate of drug-likeness (QED) is 0.607. The lowest BCUT2D eigenvalue weighted by Gasteiger charge is -2.32. The molecule has 1 aromatic carbocycles. The third-order valence-corrected chi connectivity index (χ3v) is 4.63. The van der Waals surface area contributed by atoms with Gasteiger partial charge in [0.05, 0.1) is 13.0 Å². The van der Waals surface area contributed by atoms with Crippen molar-refractivity contribution in [1.82, 2.24) is 5.32 Å². The molecular weight excluding hydrogens is 381 g/mol. The molecule has 0 aliphatic carbocycles. The number of carbonyl (C=O) groups excluding carboxylic acids is 2. The Kier molecular flexibility index (Phi) is 6.19. The zero-order valence-corrected chi connectivity index (χ0v) is 15.2. The van der Waals surface area contributed by atoms with E-state index < -0.39 is 11.5 Å². The van der Waals surface area contributed by atoms with Crippen LogP contribution in [-0.4, -0.2) is 24.5 Å². The van der Waals surface area contributed by atoms with Gasteiger partial charge in [0.1, 0.15) is 5.54 Å². The molecule has 1 amide bonds. The molecule has 0 heterocycles. The second-order valence-corrected chi connectivity index (χ2v) is 6.86. The van der Waals surface area contributed by atoms with E-state index in [4.69, 9.17) is 4.74 Å². The number of esters is 1. The van der Waals surface area contributed by atoms with Crippen LogP contribution in [0.3, 0.4) is 0 Å². The maximum Gasteiger partial charge on any atom is 0.331 e. The van der Waals surface area contributed by atoms with Crippen molar-refractivity contribution in [3.63, 3.8) is 0 Å². The highest BCUT2D eigenvalue weighted by Crippen LogP contribution is 2.22. The van der Waals surface area contributed by atoms with Crippen molar-refractivity contribution < 1.29 is 14.3 Å². The Morgan fingerprint density at radius 3 is 2.14 bits per heavy atom. The SMILES string of the molecule is COC(=O)C(C)(NC(=O)C(C)c1ccc(I)cc1)C(C)C. The van der Waals surface area contributed by atoms with Gasteiger partial charge in [-0.2, -0.15) is 0 Å². The van der Waals surface area contributed by atoms with Crippen LogP contribution < -0.4 is 5.32 Å². The summed E-state index contributed by atoms with van der Waals surface area (Å²) in [7, 11) is 1.33. The van der Waals surface area contributed by atoms with Crippen molar-refractivity contribution in [2.45, 2.75) is 39.2 Å². The van der Waals surface area contributed by atoms with Gasteiger partial charge in [-0.3, -0.25) is 4.79 Å². The number of rotatable bonds is 5. The monoisotopic (exact) mass is 403 g/mol. The van der Waals surface area contributed by atoms with Gasteiger partial charge in [-0.05, 0) is 60.1 Å². The highest BCUT2D eigenvalue weighted by Gasteiger charge is 2.40. The molecule has 0 bridgehead atoms. The summed E-state index contributed by atoms with van der Waals surface area (Å²) in [5.74, 6) is -1.01. The Balaban J connectivity index is 2.92. The molecule has 0 aliphatic rings. The third-order valence-electron chi connectivity index (χ3n) is 3.91. The smallest absolute Gasteiger partial charge is 0.331 e. The predicted octanol–water partition coefficient (Wildman–Crippen LogP) is 3.10. The molecule has 4 nitrogen and oxygen atoms in total. The van der Waals surface area contributed by atoms with E-state index in [2.05, 4.69) is 27.9 Å². The average molecular weight is 403 g/mol. The van der Waals surface area contributed by atoms with Crippen LogP contribution in [0.2, 0.25) is 0 Å². The molecule has 5 heteroatoms. The Labute approximate surface area is 139 Å². The summed E-state index contributed by atoms with van der Waals surface area (Å²) in [6.45, 7) is 7.29. The summed E-state index contributed by atoms with van der Waals surface area (Å²) < 4.78 is 5.94. The topological polar surface area (TPSA) is 55.4 Å². The van der Waals surface area contributed by atoms with Crippen LogP contribution in [0.4, 0.5) is 0 Å². The summed E-state index contributed by atoms with van der Waals surface area (Å²) in [5.41, 5.74) is -0.104. The zero-order chi connectivity index (χ0) is 16.2. The Morgan fingerprint density at radius 2 is 1.71 bits per heavy atom. The predicted molar refractivity (Wildman–Crippen MR) is 91.0 cm³/mol. The van der Waals surface area contributed by atoms with Gasteiger partial charge in [0.2, 0.25) is 5.91 Å². The number of amides is 1. The molecular formula is C16H22INO3. The van der Waals surface area contributed by atoms with Crippen LogP contribution in [-0.2, 0) is 14.3 Å². The lowest BCUT2D eigenvalue weighted by atomic mass is 9.87. The Hall–Kier alpha value is -1.11. The van der Waals surface area contributed by atoms with Gasteiger partial charge in [-0.25, -0.2) is 4.79 Å². The zero-order valence-electron chi connectivity index (χ0n) is 13.1. The molecule has 1 N–H and O–H groups in total. The third kappa shape index (κ3) is 4.18. The maximum absolute atomic E-state index is 12.4. The first-order valence-corrected chi connectivity index (χ1v) is 7.96. The molecule has 0 saturated heterocycles. The van der Waals surface area contributed by atoms with Crippen LogP contribution in [0.15, 0.2) is 24.3 Å². The van der Waals surface area contributed by atoms with Crippen molar-refractivity contribution in [1.29, 1.82) is 0 Å². The average Bonchev–Trinajstić information content (AvgIpc) is 2.45. The molecule has 1 aromatic rings. The normalized spacial score (nSPS) is 15.2. The molecule has 116 valence electrons. The fourth-order valence-corrected chi connectivity index (χ4v) is 2.27. The number of nitrogens with one attached hydrogen (secondary N) is 1. The van der Waals surface area contributed by atoms with Crippen LogP contribution in [0.25, 0.3) is 0 Å². The molecule has 0 spiro atoms. The number of carbonyl (C=O) groups is 2. The molecule has 2 atom stereocenters.